The molecule has 0 spiro atoms. The first kappa shape index (κ1) is 20.4. The zero-order valence-corrected chi connectivity index (χ0v) is 14.6. The van der Waals surface area contributed by atoms with Crippen molar-refractivity contribution in [3.63, 3.8) is 0 Å². The fraction of sp³-hybridized carbons (Fsp3) is 0.562. The lowest BCUT2D eigenvalue weighted by Gasteiger charge is -2.28. The summed E-state index contributed by atoms with van der Waals surface area (Å²) in [6, 6.07) is 1.26. The number of hydrogen-bond donors (Lipinski definition) is 5. The summed E-state index contributed by atoms with van der Waals surface area (Å²) >= 11 is 0. The second kappa shape index (κ2) is 9.67. The number of carbonyl (C=O) groups excluding carboxylic acids is 3. The van der Waals surface area contributed by atoms with Gasteiger partial charge in [-0.05, 0) is 18.9 Å². The van der Waals surface area contributed by atoms with Gasteiger partial charge in [-0.2, -0.15) is 5.10 Å². The molecule has 0 bridgehead atoms. The van der Waals surface area contributed by atoms with Crippen LogP contribution >= 0.6 is 0 Å². The number of hydrogen-bond acceptors (Lipinski definition) is 6. The van der Waals surface area contributed by atoms with Crippen LogP contribution in [0.1, 0.15) is 18.5 Å². The SMILES string of the molecule is O=C1CN(C(=O)[C@@H]2C[C@@H](O)[C@H](NC(=O)Cc3ccn[nH]3)C2)CCN1.O=CO. The Morgan fingerprint density at radius 3 is 2.78 bits per heavy atom. The molecule has 1 saturated heterocycles. The van der Waals surface area contributed by atoms with Gasteiger partial charge in [-0.1, -0.05) is 0 Å². The molecular weight excluding hydrogens is 358 g/mol. The van der Waals surface area contributed by atoms with E-state index >= 15 is 0 Å². The number of rotatable bonds is 4. The van der Waals surface area contributed by atoms with Crippen molar-refractivity contribution in [1.82, 2.24) is 25.7 Å². The van der Waals surface area contributed by atoms with Crippen LogP contribution < -0.4 is 10.6 Å². The fourth-order valence-electron chi connectivity index (χ4n) is 3.27. The average Bonchev–Trinajstić information content (AvgIpc) is 3.25. The van der Waals surface area contributed by atoms with Crippen LogP contribution in [0.25, 0.3) is 0 Å². The van der Waals surface area contributed by atoms with Crippen LogP contribution in [0.5, 0.6) is 0 Å². The van der Waals surface area contributed by atoms with Crippen LogP contribution in [0.3, 0.4) is 0 Å². The highest BCUT2D eigenvalue weighted by Crippen LogP contribution is 2.28. The van der Waals surface area contributed by atoms with Crippen molar-refractivity contribution in [3.05, 3.63) is 18.0 Å². The minimum atomic E-state index is -0.761. The number of aromatic nitrogens is 2. The zero-order valence-electron chi connectivity index (χ0n) is 14.6. The summed E-state index contributed by atoms with van der Waals surface area (Å²) in [5.74, 6) is -0.899. The second-order valence-electron chi connectivity index (χ2n) is 6.38. The van der Waals surface area contributed by atoms with Crippen molar-refractivity contribution in [2.75, 3.05) is 19.6 Å². The third-order valence-corrected chi connectivity index (χ3v) is 4.48. The van der Waals surface area contributed by atoms with Crippen LogP contribution in [-0.4, -0.2) is 81.3 Å². The van der Waals surface area contributed by atoms with Gasteiger partial charge in [0, 0.05) is 30.9 Å². The number of aliphatic hydroxyl groups is 1. The molecule has 1 saturated carbocycles. The molecule has 5 N–H and O–H groups in total. The largest absolute Gasteiger partial charge is 0.483 e. The van der Waals surface area contributed by atoms with E-state index in [0.717, 1.165) is 0 Å². The minimum absolute atomic E-state index is 0.0578. The first-order valence-electron chi connectivity index (χ1n) is 8.53. The molecule has 3 atom stereocenters. The Hall–Kier alpha value is -2.95. The van der Waals surface area contributed by atoms with E-state index in [2.05, 4.69) is 20.8 Å². The number of carboxylic acid groups (broad SMARTS) is 1. The molecule has 0 aromatic carbocycles. The lowest BCUT2D eigenvalue weighted by atomic mass is 10.1. The molecule has 2 heterocycles. The smallest absolute Gasteiger partial charge is 0.290 e. The Morgan fingerprint density at radius 2 is 2.15 bits per heavy atom. The van der Waals surface area contributed by atoms with Crippen LogP contribution in [0, 0.1) is 5.92 Å². The van der Waals surface area contributed by atoms with Gasteiger partial charge in [-0.15, -0.1) is 0 Å². The molecule has 0 radical (unpaired) electrons. The number of piperazine rings is 1. The third-order valence-electron chi connectivity index (χ3n) is 4.48. The van der Waals surface area contributed by atoms with Gasteiger partial charge >= 0.3 is 0 Å². The van der Waals surface area contributed by atoms with Gasteiger partial charge in [0.05, 0.1) is 25.1 Å². The number of H-pyrrole nitrogens is 1. The second-order valence-corrected chi connectivity index (χ2v) is 6.38. The molecule has 11 heteroatoms. The minimum Gasteiger partial charge on any atom is -0.483 e. The van der Waals surface area contributed by atoms with E-state index in [1.54, 1.807) is 12.3 Å². The van der Waals surface area contributed by atoms with E-state index in [4.69, 9.17) is 9.90 Å². The number of nitrogens with one attached hydrogen (secondary N) is 3. The molecule has 3 rings (SSSR count). The molecule has 0 unspecified atom stereocenters. The first-order chi connectivity index (χ1) is 12.9. The molecule has 1 aliphatic carbocycles. The van der Waals surface area contributed by atoms with E-state index < -0.39 is 12.1 Å². The quantitative estimate of drug-likeness (QED) is 0.372. The number of aromatic amines is 1. The summed E-state index contributed by atoms with van der Waals surface area (Å²) in [5, 5.41) is 29.0. The normalized spacial score (nSPS) is 24.4. The van der Waals surface area contributed by atoms with E-state index in [9.17, 15) is 19.5 Å². The summed E-state index contributed by atoms with van der Waals surface area (Å²) in [6.07, 6.45) is 1.63. The van der Waals surface area contributed by atoms with Crippen LogP contribution in [0.2, 0.25) is 0 Å². The Balaban J connectivity index is 0.000000817. The predicted molar refractivity (Wildman–Crippen MR) is 91.2 cm³/mol. The maximum absolute atomic E-state index is 12.5. The highest BCUT2D eigenvalue weighted by atomic mass is 16.3. The van der Waals surface area contributed by atoms with Gasteiger partial charge in [0.1, 0.15) is 0 Å². The Morgan fingerprint density at radius 1 is 1.41 bits per heavy atom. The highest BCUT2D eigenvalue weighted by Gasteiger charge is 2.40. The predicted octanol–water partition coefficient (Wildman–Crippen LogP) is -2.13. The van der Waals surface area contributed by atoms with Crippen LogP contribution in [0.4, 0.5) is 0 Å². The third kappa shape index (κ3) is 5.78. The van der Waals surface area contributed by atoms with Crippen molar-refractivity contribution in [3.8, 4) is 0 Å². The number of aliphatic hydroxyl groups excluding tert-OH is 1. The lowest BCUT2D eigenvalue weighted by Crippen LogP contribution is -2.51. The summed E-state index contributed by atoms with van der Waals surface area (Å²) in [6.45, 7) is 0.737. The Labute approximate surface area is 155 Å². The van der Waals surface area contributed by atoms with Gasteiger partial charge in [0.2, 0.25) is 17.7 Å². The van der Waals surface area contributed by atoms with E-state index in [-0.39, 0.29) is 43.1 Å². The summed E-state index contributed by atoms with van der Waals surface area (Å²) in [5.41, 5.74) is 0.687. The fourth-order valence-corrected chi connectivity index (χ4v) is 3.27. The van der Waals surface area contributed by atoms with Gasteiger partial charge in [0.25, 0.3) is 6.47 Å². The topological polar surface area (TPSA) is 165 Å². The monoisotopic (exact) mass is 381 g/mol. The summed E-state index contributed by atoms with van der Waals surface area (Å²) in [7, 11) is 0. The van der Waals surface area contributed by atoms with Crippen LogP contribution in [-0.2, 0) is 25.6 Å². The van der Waals surface area contributed by atoms with Gasteiger partial charge in [-0.3, -0.25) is 24.3 Å². The summed E-state index contributed by atoms with van der Waals surface area (Å²) in [4.78, 5) is 45.8. The van der Waals surface area contributed by atoms with Crippen molar-refractivity contribution in [1.29, 1.82) is 0 Å². The molecule has 1 aromatic heterocycles. The number of amides is 3. The summed E-state index contributed by atoms with van der Waals surface area (Å²) < 4.78 is 0. The molecular formula is C16H23N5O6. The van der Waals surface area contributed by atoms with Crippen LogP contribution in [0.15, 0.2) is 12.3 Å². The van der Waals surface area contributed by atoms with Crippen molar-refractivity contribution >= 4 is 24.2 Å². The molecule has 3 amide bonds. The van der Waals surface area contributed by atoms with Gasteiger partial charge in [0.15, 0.2) is 0 Å². The van der Waals surface area contributed by atoms with Crippen molar-refractivity contribution in [2.45, 2.75) is 31.4 Å². The molecule has 148 valence electrons. The number of carbonyl (C=O) groups is 4. The maximum atomic E-state index is 12.5. The molecule has 11 nitrogen and oxygen atoms in total. The molecule has 27 heavy (non-hydrogen) atoms. The zero-order chi connectivity index (χ0) is 19.8. The van der Waals surface area contributed by atoms with E-state index in [0.29, 0.717) is 31.6 Å². The van der Waals surface area contributed by atoms with Gasteiger partial charge < -0.3 is 25.7 Å². The van der Waals surface area contributed by atoms with E-state index in [1.807, 2.05) is 0 Å². The number of nitrogens with zero attached hydrogens (tertiary/aromatic N) is 2. The average molecular weight is 381 g/mol. The first-order valence-corrected chi connectivity index (χ1v) is 8.53. The highest BCUT2D eigenvalue weighted by molar-refractivity contribution is 5.87. The molecule has 1 aromatic rings. The molecule has 2 aliphatic rings. The Bertz CT molecular complexity index is 664. The van der Waals surface area contributed by atoms with E-state index in [1.165, 1.54) is 4.90 Å². The molecule has 2 fully saturated rings. The Kier molecular flexibility index (Phi) is 7.29. The van der Waals surface area contributed by atoms with Crippen molar-refractivity contribution in [2.24, 2.45) is 5.92 Å². The standard InChI is InChI=1S/C15H21N5O4.CH2O2/c21-12-6-9(15(24)20-4-3-16-14(23)8-20)5-11(12)18-13(22)7-10-1-2-17-19-10;2-1-3/h1-2,9,11-12,21H,3-8H2,(H,16,23)(H,17,19)(H,18,22);1H,(H,2,3)/t9-,11+,12+;/m0./s1. The van der Waals surface area contributed by atoms with Gasteiger partial charge in [-0.25, -0.2) is 0 Å². The van der Waals surface area contributed by atoms with Crippen molar-refractivity contribution < 1.29 is 29.4 Å². The maximum Gasteiger partial charge on any atom is 0.290 e. The lowest BCUT2D eigenvalue weighted by molar-refractivity contribution is -0.141. The molecule has 1 aliphatic heterocycles.